The van der Waals surface area contributed by atoms with Gasteiger partial charge in [0.05, 0.1) is 6.54 Å². The maximum absolute atomic E-state index is 11.9. The van der Waals surface area contributed by atoms with Gasteiger partial charge in [-0.1, -0.05) is 39.0 Å². The molecule has 0 spiro atoms. The van der Waals surface area contributed by atoms with Crippen LogP contribution in [0.15, 0.2) is 48.5 Å². The highest BCUT2D eigenvalue weighted by molar-refractivity contribution is 5.94. The number of carbonyl (C=O) groups excluding carboxylic acids is 1. The van der Waals surface area contributed by atoms with E-state index in [1.807, 2.05) is 12.1 Å². The molecule has 2 rings (SSSR count). The smallest absolute Gasteiger partial charge is 0.251 e. The number of nitrogens with one attached hydrogen (secondary N) is 1. The highest BCUT2D eigenvalue weighted by Crippen LogP contribution is 2.24. The maximum Gasteiger partial charge on any atom is 0.251 e. The molecule has 0 aliphatic carbocycles. The normalized spacial score (nSPS) is 11.1. The van der Waals surface area contributed by atoms with E-state index in [9.17, 15) is 4.79 Å². The summed E-state index contributed by atoms with van der Waals surface area (Å²) >= 11 is 0. The average Bonchev–Trinajstić information content (AvgIpc) is 2.51. The predicted octanol–water partition coefficient (Wildman–Crippen LogP) is 3.38. The number of anilines is 1. The molecule has 0 radical (unpaired) electrons. The molecular weight excluding hydrogens is 288 g/mol. The first-order valence-corrected chi connectivity index (χ1v) is 7.73. The highest BCUT2D eigenvalue weighted by Gasteiger charge is 2.12. The Morgan fingerprint density at radius 3 is 2.43 bits per heavy atom. The number of carbonyl (C=O) groups is 1. The zero-order valence-corrected chi connectivity index (χ0v) is 13.9. The zero-order chi connectivity index (χ0) is 16.9. The van der Waals surface area contributed by atoms with Gasteiger partial charge >= 0.3 is 0 Å². The number of nitrogen functional groups attached to an aromatic ring is 1. The van der Waals surface area contributed by atoms with E-state index >= 15 is 0 Å². The third kappa shape index (κ3) is 5.02. The number of hydrogen-bond donors (Lipinski definition) is 2. The second kappa shape index (κ2) is 7.18. The lowest BCUT2D eigenvalue weighted by Gasteiger charge is -2.19. The minimum absolute atomic E-state index is 0.129. The first-order chi connectivity index (χ1) is 10.9. The Balaban J connectivity index is 1.78. The SMILES string of the molecule is CC(C)(C)c1ccc(OCCNC(=O)c2cccc(N)c2)cc1. The first-order valence-electron chi connectivity index (χ1n) is 7.73. The van der Waals surface area contributed by atoms with Crippen LogP contribution in [0.4, 0.5) is 5.69 Å². The molecule has 0 atom stereocenters. The molecule has 0 bridgehead atoms. The molecule has 4 heteroatoms. The van der Waals surface area contributed by atoms with E-state index in [-0.39, 0.29) is 11.3 Å². The topological polar surface area (TPSA) is 64.3 Å². The number of nitrogens with two attached hydrogens (primary N) is 1. The molecule has 0 heterocycles. The Morgan fingerprint density at radius 1 is 1.13 bits per heavy atom. The highest BCUT2D eigenvalue weighted by atomic mass is 16.5. The van der Waals surface area contributed by atoms with Crippen LogP contribution in [-0.2, 0) is 5.41 Å². The monoisotopic (exact) mass is 312 g/mol. The van der Waals surface area contributed by atoms with Gasteiger partial charge in [0.2, 0.25) is 0 Å². The summed E-state index contributed by atoms with van der Waals surface area (Å²) in [6, 6.07) is 15.0. The van der Waals surface area contributed by atoms with Gasteiger partial charge in [-0.3, -0.25) is 4.79 Å². The lowest BCUT2D eigenvalue weighted by atomic mass is 9.87. The molecule has 0 aliphatic rings. The number of hydrogen-bond acceptors (Lipinski definition) is 3. The van der Waals surface area contributed by atoms with Crippen molar-refractivity contribution in [2.75, 3.05) is 18.9 Å². The van der Waals surface area contributed by atoms with Crippen molar-refractivity contribution in [2.45, 2.75) is 26.2 Å². The Labute approximate surface area is 137 Å². The van der Waals surface area contributed by atoms with Crippen LogP contribution in [0.25, 0.3) is 0 Å². The molecule has 3 N–H and O–H groups in total. The van der Waals surface area contributed by atoms with Gasteiger partial charge in [-0.25, -0.2) is 0 Å². The predicted molar refractivity (Wildman–Crippen MR) is 93.8 cm³/mol. The van der Waals surface area contributed by atoms with Crippen molar-refractivity contribution in [3.63, 3.8) is 0 Å². The second-order valence-electron chi connectivity index (χ2n) is 6.50. The van der Waals surface area contributed by atoms with Gasteiger partial charge in [0.25, 0.3) is 5.91 Å². The Bertz CT molecular complexity index is 658. The van der Waals surface area contributed by atoms with Crippen LogP contribution in [0.2, 0.25) is 0 Å². The van der Waals surface area contributed by atoms with Gasteiger partial charge in [0, 0.05) is 11.3 Å². The number of ether oxygens (including phenoxy) is 1. The van der Waals surface area contributed by atoms with Gasteiger partial charge in [-0.2, -0.15) is 0 Å². The second-order valence-corrected chi connectivity index (χ2v) is 6.50. The van der Waals surface area contributed by atoms with Crippen LogP contribution in [0.5, 0.6) is 5.75 Å². The minimum Gasteiger partial charge on any atom is -0.492 e. The van der Waals surface area contributed by atoms with Crippen molar-refractivity contribution >= 4 is 11.6 Å². The summed E-state index contributed by atoms with van der Waals surface area (Å²) < 4.78 is 5.64. The van der Waals surface area contributed by atoms with Crippen molar-refractivity contribution in [1.29, 1.82) is 0 Å². The van der Waals surface area contributed by atoms with E-state index in [1.165, 1.54) is 5.56 Å². The lowest BCUT2D eigenvalue weighted by molar-refractivity contribution is 0.0947. The molecule has 122 valence electrons. The summed E-state index contributed by atoms with van der Waals surface area (Å²) in [7, 11) is 0. The zero-order valence-electron chi connectivity index (χ0n) is 13.9. The average molecular weight is 312 g/mol. The standard InChI is InChI=1S/C19H24N2O2/c1-19(2,3)15-7-9-17(10-8-15)23-12-11-21-18(22)14-5-4-6-16(20)13-14/h4-10,13H,11-12,20H2,1-3H3,(H,21,22). The van der Waals surface area contributed by atoms with E-state index in [0.717, 1.165) is 5.75 Å². The summed E-state index contributed by atoms with van der Waals surface area (Å²) in [5, 5.41) is 2.81. The van der Waals surface area contributed by atoms with Gasteiger partial charge in [0.15, 0.2) is 0 Å². The third-order valence-corrected chi connectivity index (χ3v) is 3.53. The Morgan fingerprint density at radius 2 is 1.83 bits per heavy atom. The molecule has 0 aliphatic heterocycles. The van der Waals surface area contributed by atoms with Gasteiger partial charge in [0.1, 0.15) is 12.4 Å². The summed E-state index contributed by atoms with van der Waals surface area (Å²) in [5.74, 6) is 0.653. The Hall–Kier alpha value is -2.49. The molecule has 0 aromatic heterocycles. The number of rotatable bonds is 5. The summed E-state index contributed by atoms with van der Waals surface area (Å²) in [6.45, 7) is 7.38. The Kier molecular flexibility index (Phi) is 5.27. The summed E-state index contributed by atoms with van der Waals surface area (Å²) in [4.78, 5) is 11.9. The van der Waals surface area contributed by atoms with Crippen molar-refractivity contribution < 1.29 is 9.53 Å². The van der Waals surface area contributed by atoms with E-state index < -0.39 is 0 Å². The lowest BCUT2D eigenvalue weighted by Crippen LogP contribution is -2.28. The summed E-state index contributed by atoms with van der Waals surface area (Å²) in [5.41, 5.74) is 8.19. The van der Waals surface area contributed by atoms with Gasteiger partial charge < -0.3 is 15.8 Å². The molecule has 0 unspecified atom stereocenters. The molecule has 1 amide bonds. The van der Waals surface area contributed by atoms with E-state index in [2.05, 4.69) is 38.2 Å². The molecule has 0 saturated heterocycles. The van der Waals surface area contributed by atoms with Crippen molar-refractivity contribution in [3.05, 3.63) is 59.7 Å². The first kappa shape index (κ1) is 16.9. The third-order valence-electron chi connectivity index (χ3n) is 3.53. The van der Waals surface area contributed by atoms with Crippen molar-refractivity contribution in [2.24, 2.45) is 0 Å². The van der Waals surface area contributed by atoms with Gasteiger partial charge in [-0.05, 0) is 41.3 Å². The maximum atomic E-state index is 11.9. The van der Waals surface area contributed by atoms with Crippen LogP contribution >= 0.6 is 0 Å². The van der Waals surface area contributed by atoms with Crippen LogP contribution in [0, 0.1) is 0 Å². The number of amides is 1. The fourth-order valence-corrected chi connectivity index (χ4v) is 2.17. The molecular formula is C19H24N2O2. The van der Waals surface area contributed by atoms with Crippen molar-refractivity contribution in [3.8, 4) is 5.75 Å². The largest absolute Gasteiger partial charge is 0.492 e. The molecule has 2 aromatic carbocycles. The van der Waals surface area contributed by atoms with E-state index in [0.29, 0.717) is 24.4 Å². The molecule has 0 fully saturated rings. The molecule has 4 nitrogen and oxygen atoms in total. The van der Waals surface area contributed by atoms with Crippen LogP contribution in [0.1, 0.15) is 36.7 Å². The molecule has 2 aromatic rings. The van der Waals surface area contributed by atoms with Gasteiger partial charge in [-0.15, -0.1) is 0 Å². The quantitative estimate of drug-likeness (QED) is 0.657. The number of benzene rings is 2. The fourth-order valence-electron chi connectivity index (χ4n) is 2.17. The van der Waals surface area contributed by atoms with Crippen LogP contribution < -0.4 is 15.8 Å². The molecule has 0 saturated carbocycles. The molecule has 23 heavy (non-hydrogen) atoms. The van der Waals surface area contributed by atoms with Crippen LogP contribution in [0.3, 0.4) is 0 Å². The minimum atomic E-state index is -0.149. The fraction of sp³-hybridized carbons (Fsp3) is 0.316. The summed E-state index contributed by atoms with van der Waals surface area (Å²) in [6.07, 6.45) is 0. The van der Waals surface area contributed by atoms with Crippen LogP contribution in [-0.4, -0.2) is 19.1 Å². The van der Waals surface area contributed by atoms with E-state index in [1.54, 1.807) is 24.3 Å². The van der Waals surface area contributed by atoms with E-state index in [4.69, 9.17) is 10.5 Å². The van der Waals surface area contributed by atoms with Crippen molar-refractivity contribution in [1.82, 2.24) is 5.32 Å².